The number of hydrogen-bond acceptors (Lipinski definition) is 4. The van der Waals surface area contributed by atoms with Crippen LogP contribution in [0.3, 0.4) is 0 Å². The molecule has 3 heterocycles. The lowest BCUT2D eigenvalue weighted by Crippen LogP contribution is -2.47. The fourth-order valence-corrected chi connectivity index (χ4v) is 6.22. The minimum atomic E-state index is -0.311. The average molecular weight is 530 g/mol. The fourth-order valence-electron chi connectivity index (χ4n) is 5.58. The molecule has 6 nitrogen and oxygen atoms in total. The molecule has 3 aliphatic rings. The lowest BCUT2D eigenvalue weighted by molar-refractivity contribution is -0.147. The Hall–Kier alpha value is -2.12. The van der Waals surface area contributed by atoms with Crippen molar-refractivity contribution in [1.82, 2.24) is 14.9 Å². The summed E-state index contributed by atoms with van der Waals surface area (Å²) in [6, 6.07) is 11.3. The molecule has 0 aromatic heterocycles. The number of carbonyl (C=O) groups excluding carboxylic acids is 2. The summed E-state index contributed by atoms with van der Waals surface area (Å²) in [7, 11) is 0. The molecular formula is C28H33Cl2N3O3. The normalized spacial score (nSPS) is 21.9. The third kappa shape index (κ3) is 5.42. The molecule has 36 heavy (non-hydrogen) atoms. The van der Waals surface area contributed by atoms with E-state index in [1.54, 1.807) is 4.90 Å². The number of aliphatic hydroxyl groups excluding tert-OH is 1. The molecule has 1 atom stereocenters. The van der Waals surface area contributed by atoms with Crippen molar-refractivity contribution in [2.45, 2.75) is 51.0 Å². The molecule has 3 aliphatic heterocycles. The van der Waals surface area contributed by atoms with E-state index in [0.717, 1.165) is 55.6 Å². The maximum absolute atomic E-state index is 13.1. The molecule has 0 aliphatic carbocycles. The fraction of sp³-hybridized carbons (Fsp3) is 0.500. The van der Waals surface area contributed by atoms with Gasteiger partial charge in [0.1, 0.15) is 0 Å². The quantitative estimate of drug-likeness (QED) is 0.588. The van der Waals surface area contributed by atoms with Gasteiger partial charge in [-0.1, -0.05) is 41.8 Å². The molecule has 3 saturated heterocycles. The number of hydrogen-bond donors (Lipinski definition) is 1. The van der Waals surface area contributed by atoms with Crippen LogP contribution in [0.4, 0.5) is 0 Å². The van der Waals surface area contributed by atoms with Crippen LogP contribution in [0.1, 0.15) is 54.4 Å². The van der Waals surface area contributed by atoms with Gasteiger partial charge in [0.05, 0.1) is 6.10 Å². The van der Waals surface area contributed by atoms with Crippen molar-refractivity contribution >= 4 is 35.0 Å². The minimum Gasteiger partial charge on any atom is -0.393 e. The van der Waals surface area contributed by atoms with E-state index in [2.05, 4.69) is 5.01 Å². The Balaban J connectivity index is 1.26. The molecule has 8 heteroatoms. The van der Waals surface area contributed by atoms with Gasteiger partial charge in [0.15, 0.2) is 0 Å². The van der Waals surface area contributed by atoms with Gasteiger partial charge in [-0.15, -0.1) is 0 Å². The summed E-state index contributed by atoms with van der Waals surface area (Å²) in [5.74, 6) is 0.0604. The molecule has 0 saturated carbocycles. The molecular weight excluding hydrogens is 497 g/mol. The van der Waals surface area contributed by atoms with Gasteiger partial charge in [0.2, 0.25) is 5.91 Å². The van der Waals surface area contributed by atoms with Gasteiger partial charge in [0.25, 0.3) is 5.91 Å². The summed E-state index contributed by atoms with van der Waals surface area (Å²) in [5, 5.41) is 15.0. The number of likely N-dealkylation sites (tertiary alicyclic amines) is 1. The summed E-state index contributed by atoms with van der Waals surface area (Å²) in [5.41, 5.74) is 3.24. The number of benzene rings is 2. The van der Waals surface area contributed by atoms with Crippen LogP contribution in [0.25, 0.3) is 11.1 Å². The van der Waals surface area contributed by atoms with Crippen LogP contribution in [-0.4, -0.2) is 70.7 Å². The molecule has 1 N–H and O–H groups in total. The number of rotatable bonds is 5. The van der Waals surface area contributed by atoms with E-state index in [0.29, 0.717) is 48.0 Å². The summed E-state index contributed by atoms with van der Waals surface area (Å²) in [6.07, 6.45) is 5.81. The van der Waals surface area contributed by atoms with E-state index in [-0.39, 0.29) is 23.8 Å². The first-order valence-electron chi connectivity index (χ1n) is 13.0. The molecule has 0 bridgehead atoms. The molecule has 0 spiro atoms. The van der Waals surface area contributed by atoms with Gasteiger partial charge in [-0.3, -0.25) is 14.6 Å². The van der Waals surface area contributed by atoms with Crippen LogP contribution in [0.2, 0.25) is 10.0 Å². The van der Waals surface area contributed by atoms with Gasteiger partial charge in [-0.2, -0.15) is 0 Å². The Labute approximate surface area is 222 Å². The second kappa shape index (κ2) is 11.1. The molecule has 3 fully saturated rings. The van der Waals surface area contributed by atoms with Gasteiger partial charge < -0.3 is 10.0 Å². The Morgan fingerprint density at radius 1 is 0.861 bits per heavy atom. The highest BCUT2D eigenvalue weighted by Crippen LogP contribution is 2.36. The van der Waals surface area contributed by atoms with Gasteiger partial charge in [-0.05, 0) is 79.5 Å². The first-order valence-corrected chi connectivity index (χ1v) is 13.8. The highest BCUT2D eigenvalue weighted by atomic mass is 35.5. The predicted molar refractivity (Wildman–Crippen MR) is 142 cm³/mol. The molecule has 2 amide bonds. The summed E-state index contributed by atoms with van der Waals surface area (Å²) in [6.45, 7) is 3.84. The van der Waals surface area contributed by atoms with Crippen molar-refractivity contribution in [3.8, 4) is 11.1 Å². The number of carbonyl (C=O) groups is 2. The standard InChI is InChI=1S/C28H33Cl2N3O3/c29-25-17-22(19-4-6-20(7-5-19)27(35)31-13-9-23(34)10-14-31)18-26(30)24(25)16-21-8-15-33(28(21)36)32-11-2-1-3-12-32/h4-7,17-18,21,23,34H,1-3,8-16H2. The molecule has 0 radical (unpaired) electrons. The Morgan fingerprint density at radius 2 is 1.50 bits per heavy atom. The Morgan fingerprint density at radius 3 is 2.14 bits per heavy atom. The third-order valence-electron chi connectivity index (χ3n) is 7.78. The smallest absolute Gasteiger partial charge is 0.253 e. The van der Waals surface area contributed by atoms with Crippen molar-refractivity contribution in [2.24, 2.45) is 5.92 Å². The van der Waals surface area contributed by atoms with Crippen molar-refractivity contribution in [3.63, 3.8) is 0 Å². The number of nitrogens with zero attached hydrogens (tertiary/aromatic N) is 3. The number of aliphatic hydroxyl groups is 1. The van der Waals surface area contributed by atoms with E-state index >= 15 is 0 Å². The first-order chi connectivity index (χ1) is 17.4. The topological polar surface area (TPSA) is 64.1 Å². The first kappa shape index (κ1) is 25.5. The van der Waals surface area contributed by atoms with Crippen LogP contribution in [0, 0.1) is 5.92 Å². The number of piperidine rings is 2. The van der Waals surface area contributed by atoms with Crippen LogP contribution in [0.15, 0.2) is 36.4 Å². The maximum Gasteiger partial charge on any atom is 0.253 e. The van der Waals surface area contributed by atoms with E-state index in [1.165, 1.54) is 6.42 Å². The minimum absolute atomic E-state index is 0.0142. The summed E-state index contributed by atoms with van der Waals surface area (Å²) >= 11 is 13.4. The highest BCUT2D eigenvalue weighted by Gasteiger charge is 2.36. The lowest BCUT2D eigenvalue weighted by atomic mass is 9.95. The predicted octanol–water partition coefficient (Wildman–Crippen LogP) is 5.05. The van der Waals surface area contributed by atoms with Crippen molar-refractivity contribution in [3.05, 3.63) is 57.6 Å². The molecule has 2 aromatic rings. The molecule has 1 unspecified atom stereocenters. The lowest BCUT2D eigenvalue weighted by Gasteiger charge is -2.34. The van der Waals surface area contributed by atoms with Crippen molar-refractivity contribution < 1.29 is 14.7 Å². The summed E-state index contributed by atoms with van der Waals surface area (Å²) < 4.78 is 0. The zero-order valence-electron chi connectivity index (χ0n) is 20.5. The van der Waals surface area contributed by atoms with Gasteiger partial charge in [-0.25, -0.2) is 5.01 Å². The maximum atomic E-state index is 13.1. The molecule has 5 rings (SSSR count). The average Bonchev–Trinajstić information content (AvgIpc) is 3.26. The SMILES string of the molecule is O=C(c1ccc(-c2cc(Cl)c(CC3CCN(N4CCCCC4)C3=O)c(Cl)c2)cc1)N1CCC(O)CC1. The molecule has 192 valence electrons. The number of halogens is 2. The zero-order chi connectivity index (χ0) is 25.2. The Kier molecular flexibility index (Phi) is 7.87. The van der Waals surface area contributed by atoms with Crippen molar-refractivity contribution in [1.29, 1.82) is 0 Å². The zero-order valence-corrected chi connectivity index (χ0v) is 22.0. The number of amides is 2. The van der Waals surface area contributed by atoms with Gasteiger partial charge in [0, 0.05) is 54.3 Å². The molecule has 2 aromatic carbocycles. The van der Waals surface area contributed by atoms with Crippen LogP contribution >= 0.6 is 23.2 Å². The largest absolute Gasteiger partial charge is 0.393 e. The van der Waals surface area contributed by atoms with Crippen molar-refractivity contribution in [2.75, 3.05) is 32.7 Å². The van der Waals surface area contributed by atoms with E-state index < -0.39 is 0 Å². The van der Waals surface area contributed by atoms with E-state index in [1.807, 2.05) is 41.4 Å². The van der Waals surface area contributed by atoms with Gasteiger partial charge >= 0.3 is 0 Å². The van der Waals surface area contributed by atoms with Crippen LogP contribution < -0.4 is 0 Å². The van der Waals surface area contributed by atoms with E-state index in [4.69, 9.17) is 23.2 Å². The van der Waals surface area contributed by atoms with Crippen LogP contribution in [-0.2, 0) is 11.2 Å². The summed E-state index contributed by atoms with van der Waals surface area (Å²) in [4.78, 5) is 27.7. The monoisotopic (exact) mass is 529 g/mol. The second-order valence-corrected chi connectivity index (χ2v) is 11.0. The second-order valence-electron chi connectivity index (χ2n) is 10.2. The number of hydrazine groups is 1. The Bertz CT molecular complexity index is 1090. The highest BCUT2D eigenvalue weighted by molar-refractivity contribution is 6.36. The van der Waals surface area contributed by atoms with Crippen LogP contribution in [0.5, 0.6) is 0 Å². The van der Waals surface area contributed by atoms with E-state index in [9.17, 15) is 14.7 Å². The third-order valence-corrected chi connectivity index (χ3v) is 8.45.